The molecule has 0 radical (unpaired) electrons. The molecule has 1 heterocycles. The second-order valence-electron chi connectivity index (χ2n) is 5.39. The summed E-state index contributed by atoms with van der Waals surface area (Å²) in [6.07, 6.45) is 2.96. The van der Waals surface area contributed by atoms with E-state index in [0.717, 1.165) is 19.3 Å². The van der Waals surface area contributed by atoms with Gasteiger partial charge in [0.2, 0.25) is 0 Å². The van der Waals surface area contributed by atoms with E-state index in [9.17, 15) is 0 Å². The van der Waals surface area contributed by atoms with Crippen LogP contribution in [-0.4, -0.2) is 9.91 Å². The average Bonchev–Trinajstić information content (AvgIpc) is 2.93. The molecule has 2 nitrogen and oxygen atoms in total. The van der Waals surface area contributed by atoms with Gasteiger partial charge in [0.05, 0.1) is 5.04 Å². The van der Waals surface area contributed by atoms with Gasteiger partial charge in [0, 0.05) is 12.8 Å². The molecule has 0 saturated carbocycles. The van der Waals surface area contributed by atoms with Crippen LogP contribution in [0.3, 0.4) is 0 Å². The van der Waals surface area contributed by atoms with Crippen LogP contribution in [0.1, 0.15) is 24.5 Å². The van der Waals surface area contributed by atoms with Crippen molar-refractivity contribution in [1.29, 1.82) is 0 Å². The van der Waals surface area contributed by atoms with Crippen molar-refractivity contribution in [3.8, 4) is 0 Å². The Balaban J connectivity index is 1.67. The summed E-state index contributed by atoms with van der Waals surface area (Å²) in [6, 6.07) is 21.2. The van der Waals surface area contributed by atoms with Crippen molar-refractivity contribution < 1.29 is 0 Å². The number of nitrogens with zero attached hydrogens (tertiary/aromatic N) is 1. The quantitative estimate of drug-likeness (QED) is 0.893. The van der Waals surface area contributed by atoms with E-state index < -0.39 is 0 Å². The van der Waals surface area contributed by atoms with Crippen molar-refractivity contribution in [2.75, 3.05) is 0 Å². The predicted octanol–water partition coefficient (Wildman–Crippen LogP) is 4.23. The van der Waals surface area contributed by atoms with Crippen molar-refractivity contribution in [2.24, 2.45) is 5.10 Å². The fourth-order valence-electron chi connectivity index (χ4n) is 2.56. The first-order chi connectivity index (χ1) is 10.3. The fourth-order valence-corrected chi connectivity index (χ4v) is 3.81. The first-order valence-corrected chi connectivity index (χ1v) is 8.22. The van der Waals surface area contributed by atoms with Crippen LogP contribution in [0, 0.1) is 0 Å². The molecule has 0 aromatic heterocycles. The largest absolute Gasteiger partial charge is 0.292 e. The van der Waals surface area contributed by atoms with Crippen LogP contribution in [0.15, 0.2) is 65.8 Å². The number of hydrogen-bond acceptors (Lipinski definition) is 3. The van der Waals surface area contributed by atoms with Gasteiger partial charge in [0.25, 0.3) is 0 Å². The predicted molar refractivity (Wildman–Crippen MR) is 91.5 cm³/mol. The number of hydrazone groups is 1. The van der Waals surface area contributed by atoms with Gasteiger partial charge in [-0.05, 0) is 17.5 Å². The van der Waals surface area contributed by atoms with Crippen LogP contribution in [-0.2, 0) is 12.8 Å². The molecule has 108 valence electrons. The third-order valence-corrected chi connectivity index (χ3v) is 5.19. The summed E-state index contributed by atoms with van der Waals surface area (Å²) in [5.74, 6) is 0. The van der Waals surface area contributed by atoms with Gasteiger partial charge in [-0.3, -0.25) is 5.43 Å². The lowest BCUT2D eigenvalue weighted by molar-refractivity contribution is 0.474. The van der Waals surface area contributed by atoms with E-state index in [4.69, 9.17) is 0 Å². The Morgan fingerprint density at radius 3 is 2.19 bits per heavy atom. The van der Waals surface area contributed by atoms with Gasteiger partial charge in [0.15, 0.2) is 0 Å². The van der Waals surface area contributed by atoms with Crippen LogP contribution in [0.2, 0.25) is 0 Å². The summed E-state index contributed by atoms with van der Waals surface area (Å²) in [4.78, 5) is 0.00542. The Kier molecular flexibility index (Phi) is 4.30. The van der Waals surface area contributed by atoms with E-state index >= 15 is 0 Å². The maximum Gasteiger partial charge on any atom is 0.109 e. The maximum atomic E-state index is 4.58. The van der Waals surface area contributed by atoms with Crippen molar-refractivity contribution in [3.63, 3.8) is 0 Å². The molecule has 2 aromatic carbocycles. The lowest BCUT2D eigenvalue weighted by atomic mass is 10.0. The van der Waals surface area contributed by atoms with Gasteiger partial charge < -0.3 is 0 Å². The molecule has 2 aromatic rings. The molecule has 1 atom stereocenters. The Hall–Kier alpha value is -1.74. The normalized spacial score (nSPS) is 20.9. The van der Waals surface area contributed by atoms with Gasteiger partial charge in [-0.25, -0.2) is 0 Å². The molecular formula is C18H20N2S. The molecule has 1 unspecified atom stereocenters. The number of nitrogens with one attached hydrogen (secondary N) is 1. The van der Waals surface area contributed by atoms with Crippen LogP contribution in [0.4, 0.5) is 0 Å². The van der Waals surface area contributed by atoms with Crippen molar-refractivity contribution in [2.45, 2.75) is 31.1 Å². The smallest absolute Gasteiger partial charge is 0.109 e. The van der Waals surface area contributed by atoms with E-state index in [1.54, 1.807) is 0 Å². The van der Waals surface area contributed by atoms with Crippen molar-refractivity contribution in [3.05, 3.63) is 71.8 Å². The number of thioether (sulfide) groups is 1. The molecule has 0 amide bonds. The van der Waals surface area contributed by atoms with Crippen molar-refractivity contribution >= 4 is 16.8 Å². The molecule has 21 heavy (non-hydrogen) atoms. The monoisotopic (exact) mass is 296 g/mol. The van der Waals surface area contributed by atoms with E-state index in [-0.39, 0.29) is 4.87 Å². The molecule has 0 saturated heterocycles. The van der Waals surface area contributed by atoms with Crippen LogP contribution in [0.5, 0.6) is 0 Å². The molecule has 0 spiro atoms. The van der Waals surface area contributed by atoms with Gasteiger partial charge in [-0.15, -0.1) is 0 Å². The summed E-state index contributed by atoms with van der Waals surface area (Å²) in [5, 5.41) is 5.76. The third-order valence-electron chi connectivity index (χ3n) is 3.80. The molecular weight excluding hydrogens is 276 g/mol. The fraction of sp³-hybridized carbons (Fsp3) is 0.278. The molecule has 1 N–H and O–H groups in total. The summed E-state index contributed by atoms with van der Waals surface area (Å²) in [7, 11) is 0. The molecule has 0 fully saturated rings. The van der Waals surface area contributed by atoms with Crippen LogP contribution in [0.25, 0.3) is 0 Å². The Labute approximate surface area is 130 Å². The minimum absolute atomic E-state index is 0.00542. The second kappa shape index (κ2) is 6.35. The SMILES string of the molecule is CCC1(Cc2ccccc2)NN=C(Cc2ccccc2)S1. The first-order valence-electron chi connectivity index (χ1n) is 7.40. The van der Waals surface area contributed by atoms with Crippen molar-refractivity contribution in [1.82, 2.24) is 5.43 Å². The molecule has 3 rings (SSSR count). The average molecular weight is 296 g/mol. The van der Waals surface area contributed by atoms with Crippen LogP contribution < -0.4 is 5.43 Å². The minimum atomic E-state index is 0.00542. The van der Waals surface area contributed by atoms with Gasteiger partial charge in [-0.2, -0.15) is 5.10 Å². The van der Waals surface area contributed by atoms with Gasteiger partial charge in [-0.1, -0.05) is 79.3 Å². The first kappa shape index (κ1) is 14.2. The van der Waals surface area contributed by atoms with E-state index in [1.165, 1.54) is 16.2 Å². The number of hydrogen-bond donors (Lipinski definition) is 1. The highest BCUT2D eigenvalue weighted by Crippen LogP contribution is 2.36. The van der Waals surface area contributed by atoms with E-state index in [1.807, 2.05) is 11.8 Å². The third kappa shape index (κ3) is 3.48. The number of benzene rings is 2. The summed E-state index contributed by atoms with van der Waals surface area (Å²) in [6.45, 7) is 2.23. The zero-order valence-corrected chi connectivity index (χ0v) is 13.1. The lowest BCUT2D eigenvalue weighted by Crippen LogP contribution is -2.37. The molecule has 3 heteroatoms. The molecule has 0 aliphatic carbocycles. The molecule has 0 bridgehead atoms. The van der Waals surface area contributed by atoms with E-state index in [0.29, 0.717) is 0 Å². The summed E-state index contributed by atoms with van der Waals surface area (Å²) in [5.41, 5.74) is 6.06. The number of rotatable bonds is 5. The highest BCUT2D eigenvalue weighted by molar-refractivity contribution is 8.15. The topological polar surface area (TPSA) is 24.4 Å². The van der Waals surface area contributed by atoms with Gasteiger partial charge >= 0.3 is 0 Å². The zero-order valence-electron chi connectivity index (χ0n) is 12.3. The van der Waals surface area contributed by atoms with Crippen LogP contribution >= 0.6 is 11.8 Å². The lowest BCUT2D eigenvalue weighted by Gasteiger charge is -2.26. The Morgan fingerprint density at radius 2 is 1.57 bits per heavy atom. The summed E-state index contributed by atoms with van der Waals surface area (Å²) >= 11 is 1.89. The van der Waals surface area contributed by atoms with Gasteiger partial charge in [0.1, 0.15) is 4.87 Å². The second-order valence-corrected chi connectivity index (χ2v) is 6.85. The van der Waals surface area contributed by atoms with E-state index in [2.05, 4.69) is 78.1 Å². The summed E-state index contributed by atoms with van der Waals surface area (Å²) < 4.78 is 0. The minimum Gasteiger partial charge on any atom is -0.292 e. The zero-order chi connectivity index (χ0) is 14.5. The standard InChI is InChI=1S/C18H20N2S/c1-2-18(14-16-11-7-4-8-12-16)20-19-17(21-18)13-15-9-5-3-6-10-15/h3-12,20H,2,13-14H2,1H3. The molecule has 1 aliphatic heterocycles. The maximum absolute atomic E-state index is 4.58. The molecule has 1 aliphatic rings. The Bertz CT molecular complexity index is 610. The highest BCUT2D eigenvalue weighted by atomic mass is 32.2. The Morgan fingerprint density at radius 1 is 0.952 bits per heavy atom. The highest BCUT2D eigenvalue weighted by Gasteiger charge is 2.35.